The van der Waals surface area contributed by atoms with E-state index in [9.17, 15) is 13.2 Å². The summed E-state index contributed by atoms with van der Waals surface area (Å²) in [5.74, 6) is 0. The summed E-state index contributed by atoms with van der Waals surface area (Å²) in [5, 5.41) is 0.669. The standard InChI is InChI=1S/C18H21ClF3N5/c1-25(2)6-7-26(3)9-12-4-5-14-13(8-12)15-16(17(19)24-11-23-15)27(14)10-18(20,21)22/h4-5,8,11H,6-7,9-10H2,1-3H3. The van der Waals surface area contributed by atoms with Crippen LogP contribution in [0.1, 0.15) is 5.56 Å². The molecule has 3 aromatic rings. The molecule has 0 spiro atoms. The summed E-state index contributed by atoms with van der Waals surface area (Å²) in [5.41, 5.74) is 2.10. The predicted octanol–water partition coefficient (Wildman–Crippen LogP) is 3.79. The molecule has 0 atom stereocenters. The number of nitrogens with zero attached hydrogens (tertiary/aromatic N) is 5. The molecule has 2 aromatic heterocycles. The van der Waals surface area contributed by atoms with Crippen LogP contribution in [0.15, 0.2) is 24.5 Å². The molecule has 0 N–H and O–H groups in total. The lowest BCUT2D eigenvalue weighted by Gasteiger charge is -2.19. The molecule has 0 fully saturated rings. The Hall–Kier alpha value is -1.90. The van der Waals surface area contributed by atoms with E-state index in [0.29, 0.717) is 23.0 Å². The average molecular weight is 400 g/mol. The zero-order valence-electron chi connectivity index (χ0n) is 15.4. The van der Waals surface area contributed by atoms with Gasteiger partial charge in [-0.05, 0) is 38.8 Å². The van der Waals surface area contributed by atoms with Crippen LogP contribution < -0.4 is 0 Å². The van der Waals surface area contributed by atoms with Crippen molar-refractivity contribution < 1.29 is 13.2 Å². The highest BCUT2D eigenvalue weighted by Gasteiger charge is 2.30. The second kappa shape index (κ2) is 7.61. The van der Waals surface area contributed by atoms with Crippen molar-refractivity contribution in [1.82, 2.24) is 24.3 Å². The van der Waals surface area contributed by atoms with E-state index in [1.807, 2.05) is 33.3 Å². The number of benzene rings is 1. The van der Waals surface area contributed by atoms with Gasteiger partial charge in [0.25, 0.3) is 0 Å². The third kappa shape index (κ3) is 4.51. The molecule has 0 saturated heterocycles. The van der Waals surface area contributed by atoms with Crippen molar-refractivity contribution in [2.75, 3.05) is 34.2 Å². The zero-order chi connectivity index (χ0) is 19.8. The van der Waals surface area contributed by atoms with Crippen molar-refractivity contribution in [3.63, 3.8) is 0 Å². The van der Waals surface area contributed by atoms with Crippen LogP contribution in [0.5, 0.6) is 0 Å². The summed E-state index contributed by atoms with van der Waals surface area (Å²) < 4.78 is 40.4. The number of halogens is 4. The smallest absolute Gasteiger partial charge is 0.327 e. The number of likely N-dealkylation sites (N-methyl/N-ethyl adjacent to an activating group) is 2. The van der Waals surface area contributed by atoms with Gasteiger partial charge in [-0.1, -0.05) is 17.7 Å². The minimum absolute atomic E-state index is 0.0186. The molecule has 0 amide bonds. The maximum absolute atomic E-state index is 13.1. The fourth-order valence-electron chi connectivity index (χ4n) is 3.13. The quantitative estimate of drug-likeness (QED) is 0.591. The Bertz CT molecular complexity index is 951. The van der Waals surface area contributed by atoms with Crippen LogP contribution in [0.2, 0.25) is 5.15 Å². The van der Waals surface area contributed by atoms with E-state index in [2.05, 4.69) is 19.8 Å². The van der Waals surface area contributed by atoms with Gasteiger partial charge in [0, 0.05) is 25.0 Å². The van der Waals surface area contributed by atoms with Crippen LogP contribution in [0.3, 0.4) is 0 Å². The molecule has 5 nitrogen and oxygen atoms in total. The maximum atomic E-state index is 13.1. The molecule has 1 aromatic carbocycles. The van der Waals surface area contributed by atoms with Gasteiger partial charge < -0.3 is 14.4 Å². The highest BCUT2D eigenvalue weighted by Crippen LogP contribution is 2.34. The van der Waals surface area contributed by atoms with Crippen molar-refractivity contribution in [2.45, 2.75) is 19.3 Å². The van der Waals surface area contributed by atoms with Gasteiger partial charge in [0.1, 0.15) is 23.9 Å². The Morgan fingerprint density at radius 2 is 1.85 bits per heavy atom. The lowest BCUT2D eigenvalue weighted by molar-refractivity contribution is -0.139. The van der Waals surface area contributed by atoms with E-state index in [0.717, 1.165) is 23.2 Å². The Kier molecular flexibility index (Phi) is 5.60. The highest BCUT2D eigenvalue weighted by molar-refractivity contribution is 6.34. The molecule has 0 radical (unpaired) electrons. The van der Waals surface area contributed by atoms with Crippen molar-refractivity contribution in [1.29, 1.82) is 0 Å². The first-order valence-electron chi connectivity index (χ1n) is 8.47. The average Bonchev–Trinajstić information content (AvgIpc) is 2.86. The summed E-state index contributed by atoms with van der Waals surface area (Å²) >= 11 is 6.11. The Morgan fingerprint density at radius 3 is 2.52 bits per heavy atom. The van der Waals surface area contributed by atoms with Crippen molar-refractivity contribution >= 4 is 33.5 Å². The van der Waals surface area contributed by atoms with Crippen LogP contribution >= 0.6 is 11.6 Å². The Balaban J connectivity index is 2.04. The van der Waals surface area contributed by atoms with Crippen LogP contribution in [-0.4, -0.2) is 64.7 Å². The molecular formula is C18H21ClF3N5. The molecule has 3 rings (SSSR count). The molecule has 0 aliphatic carbocycles. The summed E-state index contributed by atoms with van der Waals surface area (Å²) in [7, 11) is 6.04. The molecule has 0 aliphatic rings. The van der Waals surface area contributed by atoms with Crippen LogP contribution in [0.25, 0.3) is 21.9 Å². The van der Waals surface area contributed by atoms with Gasteiger partial charge >= 0.3 is 6.18 Å². The SMILES string of the molecule is CN(C)CCN(C)Cc1ccc2c(c1)c1ncnc(Cl)c1n2CC(F)(F)F. The van der Waals surface area contributed by atoms with Crippen LogP contribution in [0, 0.1) is 0 Å². The fraction of sp³-hybridized carbons (Fsp3) is 0.444. The number of alkyl halides is 3. The number of rotatable bonds is 6. The molecule has 0 aliphatic heterocycles. The van der Waals surface area contributed by atoms with E-state index in [1.54, 1.807) is 6.07 Å². The number of aromatic nitrogens is 3. The lowest BCUT2D eigenvalue weighted by atomic mass is 10.1. The zero-order valence-corrected chi connectivity index (χ0v) is 16.1. The van der Waals surface area contributed by atoms with Gasteiger partial charge in [-0.2, -0.15) is 13.2 Å². The normalized spacial score (nSPS) is 12.8. The second-order valence-electron chi connectivity index (χ2n) is 6.96. The van der Waals surface area contributed by atoms with Gasteiger partial charge in [0.05, 0.1) is 5.52 Å². The van der Waals surface area contributed by atoms with Gasteiger partial charge in [-0.3, -0.25) is 0 Å². The topological polar surface area (TPSA) is 37.2 Å². The molecule has 9 heteroatoms. The fourth-order valence-corrected chi connectivity index (χ4v) is 3.36. The molecule has 0 saturated carbocycles. The molecule has 146 valence electrons. The predicted molar refractivity (Wildman–Crippen MR) is 101 cm³/mol. The van der Waals surface area contributed by atoms with Gasteiger partial charge in [0.2, 0.25) is 0 Å². The summed E-state index contributed by atoms with van der Waals surface area (Å²) in [6, 6.07) is 5.44. The van der Waals surface area contributed by atoms with Crippen molar-refractivity contribution in [3.05, 3.63) is 35.2 Å². The van der Waals surface area contributed by atoms with E-state index in [-0.39, 0.29) is 10.7 Å². The van der Waals surface area contributed by atoms with E-state index in [4.69, 9.17) is 11.6 Å². The maximum Gasteiger partial charge on any atom is 0.406 e. The minimum Gasteiger partial charge on any atom is -0.327 e. The summed E-state index contributed by atoms with van der Waals surface area (Å²) in [6.45, 7) is 1.36. The molecule has 0 bridgehead atoms. The highest BCUT2D eigenvalue weighted by atomic mass is 35.5. The minimum atomic E-state index is -4.37. The van der Waals surface area contributed by atoms with E-state index >= 15 is 0 Å². The first-order valence-corrected chi connectivity index (χ1v) is 8.85. The van der Waals surface area contributed by atoms with Crippen molar-refractivity contribution in [3.8, 4) is 0 Å². The van der Waals surface area contributed by atoms with Gasteiger partial charge in [-0.15, -0.1) is 0 Å². The Morgan fingerprint density at radius 1 is 1.11 bits per heavy atom. The van der Waals surface area contributed by atoms with Gasteiger partial charge in [-0.25, -0.2) is 9.97 Å². The molecular weight excluding hydrogens is 379 g/mol. The molecule has 27 heavy (non-hydrogen) atoms. The largest absolute Gasteiger partial charge is 0.406 e. The number of hydrogen-bond donors (Lipinski definition) is 0. The number of hydrogen-bond acceptors (Lipinski definition) is 4. The molecule has 2 heterocycles. The lowest BCUT2D eigenvalue weighted by Crippen LogP contribution is -2.28. The molecule has 0 unspecified atom stereocenters. The second-order valence-corrected chi connectivity index (χ2v) is 7.31. The van der Waals surface area contributed by atoms with E-state index in [1.165, 1.54) is 6.33 Å². The third-order valence-electron chi connectivity index (χ3n) is 4.37. The summed E-state index contributed by atoms with van der Waals surface area (Å²) in [4.78, 5) is 12.3. The third-order valence-corrected chi connectivity index (χ3v) is 4.65. The first kappa shape index (κ1) is 19.9. The first-order chi connectivity index (χ1) is 12.7. The van der Waals surface area contributed by atoms with Gasteiger partial charge in [0.15, 0.2) is 5.15 Å². The van der Waals surface area contributed by atoms with Crippen LogP contribution in [-0.2, 0) is 13.1 Å². The monoisotopic (exact) mass is 399 g/mol. The van der Waals surface area contributed by atoms with Crippen LogP contribution in [0.4, 0.5) is 13.2 Å². The number of fused-ring (bicyclic) bond motifs is 3. The Labute approximate surface area is 160 Å². The van der Waals surface area contributed by atoms with E-state index < -0.39 is 12.7 Å². The summed E-state index contributed by atoms with van der Waals surface area (Å²) in [6.07, 6.45) is -3.10. The van der Waals surface area contributed by atoms with Crippen molar-refractivity contribution in [2.24, 2.45) is 0 Å².